The van der Waals surface area contributed by atoms with E-state index in [1.165, 1.54) is 15.9 Å². The maximum Gasteiger partial charge on any atom is 0.159 e. The van der Waals surface area contributed by atoms with Crippen LogP contribution in [-0.2, 0) is 0 Å². The lowest BCUT2D eigenvalue weighted by Crippen LogP contribution is -3.00. The molecule has 134 valence electrons. The second-order valence-electron chi connectivity index (χ2n) is 6.17. The van der Waals surface area contributed by atoms with Crippen LogP contribution in [0.5, 0.6) is 5.75 Å². The summed E-state index contributed by atoms with van der Waals surface area (Å²) >= 11 is 0. The van der Waals surface area contributed by atoms with Crippen LogP contribution < -0.4 is 33.6 Å². The zero-order valence-electron chi connectivity index (χ0n) is 14.7. The molecule has 0 atom stereocenters. The largest absolute Gasteiger partial charge is 1.00 e. The van der Waals surface area contributed by atoms with Crippen molar-refractivity contribution in [1.82, 2.24) is 0 Å². The molecule has 0 saturated heterocycles. The van der Waals surface area contributed by atoms with Crippen LogP contribution >= 0.6 is 7.26 Å². The van der Waals surface area contributed by atoms with Gasteiger partial charge < -0.3 is 17.5 Å². The Bertz CT molecular complexity index is 892. The Morgan fingerprint density at radius 2 is 0.778 bits per heavy atom. The third-order valence-corrected chi connectivity index (χ3v) is 8.99. The highest BCUT2D eigenvalue weighted by atomic mass is 35.5. The van der Waals surface area contributed by atoms with Crippen molar-refractivity contribution >= 4 is 28.5 Å². The number of benzene rings is 4. The number of hydrogen-bond donors (Lipinski definition) is 1. The van der Waals surface area contributed by atoms with Gasteiger partial charge in [0, 0.05) is 0 Å². The molecule has 27 heavy (non-hydrogen) atoms. The summed E-state index contributed by atoms with van der Waals surface area (Å²) < 4.78 is 0. The standard InChI is InChI=1S/C24H19OP.ClH/c25-23-18-10-11-19-24(23)26(20-12-4-1-5-13-20,21-14-6-2-7-15-21)22-16-8-3-9-17-22;/h1-19H;1H. The Balaban J connectivity index is 0.00000210. The third kappa shape index (κ3) is 3.37. The minimum atomic E-state index is -2.19. The molecule has 0 bridgehead atoms. The molecule has 4 rings (SSSR count). The number of rotatable bonds is 4. The first-order valence-corrected chi connectivity index (χ1v) is 10.5. The van der Waals surface area contributed by atoms with Crippen LogP contribution in [0.25, 0.3) is 0 Å². The van der Waals surface area contributed by atoms with Gasteiger partial charge in [-0.25, -0.2) is 0 Å². The Morgan fingerprint density at radius 3 is 1.15 bits per heavy atom. The lowest BCUT2D eigenvalue weighted by molar-refractivity contribution is -0.00000594. The molecule has 0 amide bonds. The number of aromatic hydroxyl groups is 1. The third-order valence-electron chi connectivity index (χ3n) is 4.67. The normalized spacial score (nSPS) is 10.8. The summed E-state index contributed by atoms with van der Waals surface area (Å²) in [7, 11) is -2.19. The summed E-state index contributed by atoms with van der Waals surface area (Å²) in [6.45, 7) is 0. The lowest BCUT2D eigenvalue weighted by atomic mass is 10.3. The maximum atomic E-state index is 10.9. The smallest absolute Gasteiger partial charge is 0.159 e. The molecule has 4 aromatic carbocycles. The number of hydrogen-bond acceptors (Lipinski definition) is 1. The minimum absolute atomic E-state index is 0. The quantitative estimate of drug-likeness (QED) is 0.516. The van der Waals surface area contributed by atoms with Crippen molar-refractivity contribution in [2.75, 3.05) is 0 Å². The number of phenols is 1. The molecular weight excluding hydrogens is 371 g/mol. The molecule has 0 radical (unpaired) electrons. The summed E-state index contributed by atoms with van der Waals surface area (Å²) in [5.74, 6) is 0.345. The van der Waals surface area contributed by atoms with Crippen LogP contribution in [0.2, 0.25) is 0 Å². The second-order valence-corrected chi connectivity index (χ2v) is 9.54. The minimum Gasteiger partial charge on any atom is -1.00 e. The highest BCUT2D eigenvalue weighted by molar-refractivity contribution is 8.01. The van der Waals surface area contributed by atoms with Crippen molar-refractivity contribution in [2.24, 2.45) is 0 Å². The van der Waals surface area contributed by atoms with E-state index in [0.29, 0.717) is 5.75 Å². The van der Waals surface area contributed by atoms with Crippen LogP contribution in [0.3, 0.4) is 0 Å². The van der Waals surface area contributed by atoms with E-state index in [4.69, 9.17) is 0 Å². The fourth-order valence-electron chi connectivity index (χ4n) is 3.57. The topological polar surface area (TPSA) is 20.2 Å². The molecule has 1 nitrogen and oxygen atoms in total. The maximum absolute atomic E-state index is 10.9. The van der Waals surface area contributed by atoms with Gasteiger partial charge in [0.05, 0.1) is 0 Å². The molecule has 0 spiro atoms. The second kappa shape index (κ2) is 8.39. The van der Waals surface area contributed by atoms with Gasteiger partial charge in [0.2, 0.25) is 0 Å². The molecule has 0 heterocycles. The first-order chi connectivity index (χ1) is 12.8. The van der Waals surface area contributed by atoms with Crippen molar-refractivity contribution in [3.63, 3.8) is 0 Å². The molecule has 0 aromatic heterocycles. The summed E-state index contributed by atoms with van der Waals surface area (Å²) in [5.41, 5.74) is 0. The predicted octanol–water partition coefficient (Wildman–Crippen LogP) is 1.02. The van der Waals surface area contributed by atoms with Crippen molar-refractivity contribution in [2.45, 2.75) is 0 Å². The van der Waals surface area contributed by atoms with E-state index in [-0.39, 0.29) is 12.4 Å². The Labute approximate surface area is 167 Å². The van der Waals surface area contributed by atoms with Crippen LogP contribution in [0.4, 0.5) is 0 Å². The molecule has 4 aromatic rings. The van der Waals surface area contributed by atoms with Gasteiger partial charge in [-0.2, -0.15) is 0 Å². The SMILES string of the molecule is Oc1ccccc1[P+](c1ccccc1)(c1ccccc1)c1ccccc1.[Cl-]. The average molecular weight is 391 g/mol. The summed E-state index contributed by atoms with van der Waals surface area (Å²) in [5, 5.41) is 15.6. The molecule has 0 fully saturated rings. The average Bonchev–Trinajstić information content (AvgIpc) is 2.72. The van der Waals surface area contributed by atoms with Crippen LogP contribution in [-0.4, -0.2) is 5.11 Å². The van der Waals surface area contributed by atoms with Crippen molar-refractivity contribution in [3.8, 4) is 5.75 Å². The van der Waals surface area contributed by atoms with Gasteiger partial charge in [-0.1, -0.05) is 66.7 Å². The first kappa shape index (κ1) is 19.2. The fourth-order valence-corrected chi connectivity index (χ4v) is 7.88. The van der Waals surface area contributed by atoms with Crippen molar-refractivity contribution in [3.05, 3.63) is 115 Å². The van der Waals surface area contributed by atoms with Gasteiger partial charge >= 0.3 is 0 Å². The molecular formula is C24H20ClOP. The van der Waals surface area contributed by atoms with Gasteiger partial charge in [0.15, 0.2) is 11.1 Å². The van der Waals surface area contributed by atoms with Gasteiger partial charge in [0.25, 0.3) is 0 Å². The highest BCUT2D eigenvalue weighted by Gasteiger charge is 2.49. The van der Waals surface area contributed by atoms with Crippen molar-refractivity contribution < 1.29 is 17.5 Å². The summed E-state index contributed by atoms with van der Waals surface area (Å²) in [4.78, 5) is 0. The van der Waals surface area contributed by atoms with E-state index in [9.17, 15) is 5.11 Å². The molecule has 0 aliphatic heterocycles. The van der Waals surface area contributed by atoms with E-state index in [0.717, 1.165) is 5.30 Å². The van der Waals surface area contributed by atoms with Gasteiger partial charge in [-0.15, -0.1) is 0 Å². The summed E-state index contributed by atoms with van der Waals surface area (Å²) in [6, 6.07) is 39.4. The van der Waals surface area contributed by atoms with Crippen LogP contribution in [0.1, 0.15) is 0 Å². The number of halogens is 1. The van der Waals surface area contributed by atoms with E-state index in [1.54, 1.807) is 6.07 Å². The van der Waals surface area contributed by atoms with E-state index in [2.05, 4.69) is 78.9 Å². The van der Waals surface area contributed by atoms with Crippen LogP contribution in [0.15, 0.2) is 115 Å². The highest BCUT2D eigenvalue weighted by Crippen LogP contribution is 2.55. The van der Waals surface area contributed by atoms with Crippen molar-refractivity contribution in [1.29, 1.82) is 0 Å². The summed E-state index contributed by atoms with van der Waals surface area (Å²) in [6.07, 6.45) is 0. The number of phenolic OH excluding ortho intramolecular Hbond substituents is 1. The molecule has 0 saturated carbocycles. The van der Waals surface area contributed by atoms with Gasteiger partial charge in [-0.05, 0) is 48.5 Å². The Hall–Kier alpha value is -2.60. The predicted molar refractivity (Wildman–Crippen MR) is 113 cm³/mol. The van der Waals surface area contributed by atoms with Gasteiger partial charge in [0.1, 0.15) is 23.2 Å². The zero-order chi connectivity index (χ0) is 17.8. The molecule has 0 unspecified atom stereocenters. The Kier molecular flexibility index (Phi) is 5.96. The van der Waals surface area contributed by atoms with E-state index >= 15 is 0 Å². The van der Waals surface area contributed by atoms with E-state index < -0.39 is 7.26 Å². The molecule has 3 heteroatoms. The monoisotopic (exact) mass is 390 g/mol. The molecule has 1 N–H and O–H groups in total. The van der Waals surface area contributed by atoms with Gasteiger partial charge in [-0.3, -0.25) is 0 Å². The van der Waals surface area contributed by atoms with E-state index in [1.807, 2.05) is 30.3 Å². The number of para-hydroxylation sites is 1. The first-order valence-electron chi connectivity index (χ1n) is 8.68. The van der Waals surface area contributed by atoms with Crippen LogP contribution in [0, 0.1) is 0 Å². The molecule has 0 aliphatic carbocycles. The molecule has 0 aliphatic rings. The zero-order valence-corrected chi connectivity index (χ0v) is 16.4. The lowest BCUT2D eigenvalue weighted by Gasteiger charge is -2.27. The Morgan fingerprint density at radius 1 is 0.444 bits per heavy atom. The fraction of sp³-hybridized carbons (Fsp3) is 0.